The molecule has 0 aromatic heterocycles. The summed E-state index contributed by atoms with van der Waals surface area (Å²) in [5, 5.41) is 9.41. The fraction of sp³-hybridized carbons (Fsp3) is 0.400. The number of hydrogen-bond donors (Lipinski definition) is 2. The highest BCUT2D eigenvalue weighted by Gasteiger charge is 2.14. The van der Waals surface area contributed by atoms with E-state index in [-0.39, 0.29) is 5.75 Å². The molecule has 0 saturated heterocycles. The van der Waals surface area contributed by atoms with Crippen LogP contribution in [0.5, 0.6) is 11.5 Å². The first kappa shape index (κ1) is 11.7. The number of methoxy groups -OCH3 is 1. The number of hydrogen-bond acceptors (Lipinski definition) is 3. The van der Waals surface area contributed by atoms with Crippen LogP contribution in [-0.2, 0) is 0 Å². The van der Waals surface area contributed by atoms with Crippen molar-refractivity contribution < 1.29 is 18.6 Å². The van der Waals surface area contributed by atoms with Crippen LogP contribution >= 0.6 is 0 Å². The van der Waals surface area contributed by atoms with Gasteiger partial charge in [-0.15, -0.1) is 0 Å². The number of alkyl halides is 2. The normalized spacial score (nSPS) is 12.9. The van der Waals surface area contributed by atoms with Crippen molar-refractivity contribution in [3.63, 3.8) is 0 Å². The summed E-state index contributed by atoms with van der Waals surface area (Å²) in [5.74, 6) is 0.197. The molecular weight excluding hydrogens is 204 g/mol. The Morgan fingerprint density at radius 3 is 2.60 bits per heavy atom. The third-order valence-corrected chi connectivity index (χ3v) is 2.06. The Hall–Kier alpha value is -1.36. The van der Waals surface area contributed by atoms with Gasteiger partial charge in [-0.05, 0) is 17.7 Å². The Bertz CT molecular complexity index is 331. The first-order chi connectivity index (χ1) is 7.04. The van der Waals surface area contributed by atoms with Gasteiger partial charge >= 0.3 is 0 Å². The van der Waals surface area contributed by atoms with E-state index in [0.717, 1.165) is 0 Å². The molecule has 0 aliphatic carbocycles. The Morgan fingerprint density at radius 2 is 2.13 bits per heavy atom. The van der Waals surface area contributed by atoms with Crippen molar-refractivity contribution in [3.05, 3.63) is 23.8 Å². The molecule has 0 amide bonds. The number of phenolic OH excluding ortho intramolecular Hbond substituents is 1. The fourth-order valence-corrected chi connectivity index (χ4v) is 1.27. The molecule has 0 fully saturated rings. The summed E-state index contributed by atoms with van der Waals surface area (Å²) in [6, 6.07) is 3.62. The van der Waals surface area contributed by atoms with Crippen LogP contribution in [0.2, 0.25) is 0 Å². The molecule has 5 heteroatoms. The van der Waals surface area contributed by atoms with Gasteiger partial charge in [-0.2, -0.15) is 0 Å². The molecule has 3 N–H and O–H groups in total. The highest BCUT2D eigenvalue weighted by molar-refractivity contribution is 5.42. The molecule has 1 aromatic carbocycles. The van der Waals surface area contributed by atoms with Crippen molar-refractivity contribution in [2.45, 2.75) is 18.9 Å². The first-order valence-electron chi connectivity index (χ1n) is 4.45. The van der Waals surface area contributed by atoms with E-state index in [2.05, 4.69) is 0 Å². The van der Waals surface area contributed by atoms with Gasteiger partial charge in [0.25, 0.3) is 0 Å². The van der Waals surface area contributed by atoms with Gasteiger partial charge in [-0.3, -0.25) is 0 Å². The maximum absolute atomic E-state index is 12.0. The summed E-state index contributed by atoms with van der Waals surface area (Å²) in [6.45, 7) is 0. The van der Waals surface area contributed by atoms with Crippen molar-refractivity contribution in [2.24, 2.45) is 5.73 Å². The molecular formula is C10H13F2NO2. The van der Waals surface area contributed by atoms with Crippen LogP contribution in [0.1, 0.15) is 18.0 Å². The molecule has 0 spiro atoms. The molecule has 1 atom stereocenters. The summed E-state index contributed by atoms with van der Waals surface area (Å²) in [7, 11) is 1.41. The van der Waals surface area contributed by atoms with Gasteiger partial charge in [0.15, 0.2) is 11.5 Å². The van der Waals surface area contributed by atoms with Crippen molar-refractivity contribution >= 4 is 0 Å². The van der Waals surface area contributed by atoms with Crippen LogP contribution in [0.3, 0.4) is 0 Å². The molecule has 0 aliphatic rings. The monoisotopic (exact) mass is 217 g/mol. The highest BCUT2D eigenvalue weighted by Crippen LogP contribution is 2.29. The summed E-state index contributed by atoms with van der Waals surface area (Å²) < 4.78 is 28.9. The number of ether oxygens (including phenoxy) is 1. The minimum absolute atomic E-state index is 0.0975. The quantitative estimate of drug-likeness (QED) is 0.811. The van der Waals surface area contributed by atoms with Gasteiger partial charge < -0.3 is 15.6 Å². The van der Waals surface area contributed by atoms with Crippen LogP contribution in [0.15, 0.2) is 18.2 Å². The lowest BCUT2D eigenvalue weighted by Gasteiger charge is -2.12. The lowest BCUT2D eigenvalue weighted by molar-refractivity contribution is 0.128. The number of phenols is 1. The zero-order chi connectivity index (χ0) is 11.4. The van der Waals surface area contributed by atoms with E-state index in [4.69, 9.17) is 10.5 Å². The number of rotatable bonds is 4. The van der Waals surface area contributed by atoms with Crippen LogP contribution < -0.4 is 10.5 Å². The van der Waals surface area contributed by atoms with Crippen molar-refractivity contribution in [2.75, 3.05) is 7.11 Å². The topological polar surface area (TPSA) is 55.5 Å². The fourth-order valence-electron chi connectivity index (χ4n) is 1.27. The summed E-state index contributed by atoms with van der Waals surface area (Å²) in [6.07, 6.45) is -2.88. The molecule has 15 heavy (non-hydrogen) atoms. The standard InChI is InChI=1S/C10H13F2NO2/c1-15-9-3-2-6(4-8(9)14)7(13)5-10(11)12/h2-4,7,10,14H,5,13H2,1H3/t7-/m1/s1. The molecule has 3 nitrogen and oxygen atoms in total. The lowest BCUT2D eigenvalue weighted by atomic mass is 10.0. The summed E-state index contributed by atoms with van der Waals surface area (Å²) in [5.41, 5.74) is 5.99. The SMILES string of the molecule is COc1ccc([C@H](N)CC(F)F)cc1O. The van der Waals surface area contributed by atoms with Gasteiger partial charge in [-0.1, -0.05) is 6.07 Å². The Kier molecular flexibility index (Phi) is 3.85. The third-order valence-electron chi connectivity index (χ3n) is 2.06. The second-order valence-electron chi connectivity index (χ2n) is 3.16. The van der Waals surface area contributed by atoms with Crippen molar-refractivity contribution in [1.82, 2.24) is 0 Å². The number of halogens is 2. The van der Waals surface area contributed by atoms with E-state index in [0.29, 0.717) is 11.3 Å². The molecule has 0 aliphatic heterocycles. The van der Waals surface area contributed by atoms with E-state index >= 15 is 0 Å². The zero-order valence-electron chi connectivity index (χ0n) is 8.28. The minimum Gasteiger partial charge on any atom is -0.504 e. The van der Waals surface area contributed by atoms with E-state index < -0.39 is 18.9 Å². The minimum atomic E-state index is -2.45. The molecule has 0 bridgehead atoms. The highest BCUT2D eigenvalue weighted by atomic mass is 19.3. The van der Waals surface area contributed by atoms with Crippen molar-refractivity contribution in [3.8, 4) is 11.5 Å². The summed E-state index contributed by atoms with van der Waals surface area (Å²) in [4.78, 5) is 0. The Morgan fingerprint density at radius 1 is 1.47 bits per heavy atom. The number of benzene rings is 1. The van der Waals surface area contributed by atoms with Gasteiger partial charge in [-0.25, -0.2) is 8.78 Å². The third kappa shape index (κ3) is 3.06. The number of nitrogens with two attached hydrogens (primary N) is 1. The zero-order valence-corrected chi connectivity index (χ0v) is 8.28. The molecule has 0 radical (unpaired) electrons. The summed E-state index contributed by atoms with van der Waals surface area (Å²) >= 11 is 0. The second kappa shape index (κ2) is 4.93. The Balaban J connectivity index is 2.82. The average Bonchev–Trinajstić information content (AvgIpc) is 2.16. The smallest absolute Gasteiger partial charge is 0.240 e. The van der Waals surface area contributed by atoms with E-state index in [1.54, 1.807) is 6.07 Å². The van der Waals surface area contributed by atoms with Gasteiger partial charge in [0.2, 0.25) is 6.43 Å². The number of aromatic hydroxyl groups is 1. The predicted octanol–water partition coefficient (Wildman–Crippen LogP) is 2.06. The maximum atomic E-state index is 12.0. The molecule has 1 aromatic rings. The van der Waals surface area contributed by atoms with Crippen LogP contribution in [0.25, 0.3) is 0 Å². The van der Waals surface area contributed by atoms with Gasteiger partial charge in [0, 0.05) is 12.5 Å². The van der Waals surface area contributed by atoms with Crippen LogP contribution in [-0.4, -0.2) is 18.6 Å². The second-order valence-corrected chi connectivity index (χ2v) is 3.16. The average molecular weight is 217 g/mol. The maximum Gasteiger partial charge on any atom is 0.240 e. The van der Waals surface area contributed by atoms with E-state index in [1.807, 2.05) is 0 Å². The predicted molar refractivity (Wildman–Crippen MR) is 52.2 cm³/mol. The Labute approximate surface area is 86.5 Å². The molecule has 0 heterocycles. The van der Waals surface area contributed by atoms with E-state index in [1.165, 1.54) is 19.2 Å². The molecule has 84 valence electrons. The first-order valence-corrected chi connectivity index (χ1v) is 4.45. The molecule has 1 rings (SSSR count). The van der Waals surface area contributed by atoms with Gasteiger partial charge in [0.1, 0.15) is 0 Å². The van der Waals surface area contributed by atoms with Crippen molar-refractivity contribution in [1.29, 1.82) is 0 Å². The van der Waals surface area contributed by atoms with Crippen LogP contribution in [0.4, 0.5) is 8.78 Å². The van der Waals surface area contributed by atoms with Gasteiger partial charge in [0.05, 0.1) is 7.11 Å². The van der Waals surface area contributed by atoms with Crippen LogP contribution in [0, 0.1) is 0 Å². The largest absolute Gasteiger partial charge is 0.504 e. The molecule has 0 unspecified atom stereocenters. The lowest BCUT2D eigenvalue weighted by Crippen LogP contribution is -2.13. The van der Waals surface area contributed by atoms with E-state index in [9.17, 15) is 13.9 Å². The molecule has 0 saturated carbocycles.